The van der Waals surface area contributed by atoms with Crippen LogP contribution >= 0.6 is 0 Å². The minimum absolute atomic E-state index is 0.00119. The monoisotopic (exact) mass is 750 g/mol. The lowest BCUT2D eigenvalue weighted by molar-refractivity contribution is -0.143. The molecule has 0 aromatic carbocycles. The fraction of sp³-hybridized carbons (Fsp3) is 0.915. The molecule has 0 heterocycles. The molecule has 2 atom stereocenters. The first-order chi connectivity index (χ1) is 26.0. The summed E-state index contributed by atoms with van der Waals surface area (Å²) < 4.78 is 5.44. The van der Waals surface area contributed by atoms with Crippen molar-refractivity contribution in [2.75, 3.05) is 13.2 Å². The highest BCUT2D eigenvalue weighted by molar-refractivity contribution is 5.76. The molecule has 6 heteroatoms. The van der Waals surface area contributed by atoms with Gasteiger partial charge in [0.05, 0.1) is 25.4 Å². The Kier molecular flexibility index (Phi) is 42.2. The van der Waals surface area contributed by atoms with Crippen LogP contribution in [-0.2, 0) is 14.3 Å². The third-order valence-electron chi connectivity index (χ3n) is 10.8. The Balaban J connectivity index is 3.42. The van der Waals surface area contributed by atoms with Gasteiger partial charge in [-0.2, -0.15) is 0 Å². The van der Waals surface area contributed by atoms with Crippen molar-refractivity contribution in [1.29, 1.82) is 0 Å². The molecule has 0 fully saturated rings. The van der Waals surface area contributed by atoms with Crippen LogP contribution in [0.25, 0.3) is 0 Å². The Hall–Kier alpha value is -1.40. The fourth-order valence-electron chi connectivity index (χ4n) is 7.16. The Morgan fingerprint density at radius 1 is 0.509 bits per heavy atom. The van der Waals surface area contributed by atoms with Crippen LogP contribution in [0, 0.1) is 0 Å². The van der Waals surface area contributed by atoms with Gasteiger partial charge in [0, 0.05) is 12.8 Å². The van der Waals surface area contributed by atoms with Crippen molar-refractivity contribution in [2.45, 2.75) is 264 Å². The topological polar surface area (TPSA) is 95.9 Å². The standard InChI is InChI=1S/C47H91NO5/c1-3-5-7-9-11-13-20-25-29-33-37-41-47(52)53-42-38-34-30-26-22-19-17-15-14-16-18-21-24-28-32-36-40-46(51)48-44(43-49)45(50)39-35-31-27-23-12-10-8-6-4-2/h35,39,44-45,49-50H,3-34,36-38,40-43H2,1-2H3,(H,48,51)/b39-35+. The summed E-state index contributed by atoms with van der Waals surface area (Å²) in [6.07, 6.45) is 47.8. The maximum absolute atomic E-state index is 12.3. The minimum Gasteiger partial charge on any atom is -0.466 e. The number of aliphatic hydroxyl groups excluding tert-OH is 2. The number of hydrogen-bond acceptors (Lipinski definition) is 5. The van der Waals surface area contributed by atoms with E-state index in [-0.39, 0.29) is 18.5 Å². The Morgan fingerprint density at radius 3 is 1.28 bits per heavy atom. The molecule has 1 amide bonds. The fourth-order valence-corrected chi connectivity index (χ4v) is 7.16. The normalized spacial score (nSPS) is 12.8. The van der Waals surface area contributed by atoms with Crippen LogP contribution in [0.1, 0.15) is 251 Å². The Bertz CT molecular complexity index is 787. The first-order valence-corrected chi connectivity index (χ1v) is 23.5. The summed E-state index contributed by atoms with van der Waals surface area (Å²) in [6, 6.07) is -0.629. The molecule has 0 aromatic heterocycles. The molecular formula is C47H91NO5. The number of nitrogens with one attached hydrogen (secondary N) is 1. The Morgan fingerprint density at radius 2 is 0.868 bits per heavy atom. The molecule has 0 rings (SSSR count). The number of esters is 1. The highest BCUT2D eigenvalue weighted by atomic mass is 16.5. The van der Waals surface area contributed by atoms with Gasteiger partial charge in [0.25, 0.3) is 0 Å². The molecular weight excluding hydrogens is 659 g/mol. The van der Waals surface area contributed by atoms with Crippen molar-refractivity contribution in [3.63, 3.8) is 0 Å². The molecule has 0 saturated heterocycles. The van der Waals surface area contributed by atoms with E-state index in [2.05, 4.69) is 19.2 Å². The number of aliphatic hydroxyl groups is 2. The van der Waals surface area contributed by atoms with E-state index in [1.807, 2.05) is 6.08 Å². The number of amides is 1. The second-order valence-electron chi connectivity index (χ2n) is 16.1. The van der Waals surface area contributed by atoms with Gasteiger partial charge in [-0.1, -0.05) is 219 Å². The summed E-state index contributed by atoms with van der Waals surface area (Å²) in [4.78, 5) is 24.3. The zero-order chi connectivity index (χ0) is 38.7. The van der Waals surface area contributed by atoms with E-state index in [1.54, 1.807) is 6.08 Å². The van der Waals surface area contributed by atoms with Gasteiger partial charge in [0.1, 0.15) is 0 Å². The molecule has 0 aliphatic rings. The van der Waals surface area contributed by atoms with E-state index in [1.165, 1.54) is 180 Å². The van der Waals surface area contributed by atoms with E-state index in [0.717, 1.165) is 44.9 Å². The van der Waals surface area contributed by atoms with Gasteiger partial charge in [-0.05, 0) is 32.1 Å². The van der Waals surface area contributed by atoms with Crippen LogP contribution in [0.4, 0.5) is 0 Å². The van der Waals surface area contributed by atoms with Gasteiger partial charge in [0.15, 0.2) is 0 Å². The second-order valence-corrected chi connectivity index (χ2v) is 16.1. The van der Waals surface area contributed by atoms with Crippen LogP contribution in [-0.4, -0.2) is 47.4 Å². The molecule has 3 N–H and O–H groups in total. The zero-order valence-corrected chi connectivity index (χ0v) is 35.5. The highest BCUT2D eigenvalue weighted by Gasteiger charge is 2.18. The van der Waals surface area contributed by atoms with Gasteiger partial charge >= 0.3 is 5.97 Å². The summed E-state index contributed by atoms with van der Waals surface area (Å²) in [6.45, 7) is 4.85. The molecule has 0 radical (unpaired) electrons. The van der Waals surface area contributed by atoms with E-state index in [4.69, 9.17) is 4.74 Å². The van der Waals surface area contributed by atoms with Crippen molar-refractivity contribution in [3.05, 3.63) is 12.2 Å². The van der Waals surface area contributed by atoms with Crippen LogP contribution < -0.4 is 5.32 Å². The molecule has 0 saturated carbocycles. The summed E-state index contributed by atoms with van der Waals surface area (Å²) in [5, 5.41) is 22.9. The third-order valence-corrected chi connectivity index (χ3v) is 10.8. The van der Waals surface area contributed by atoms with E-state index in [0.29, 0.717) is 19.4 Å². The largest absolute Gasteiger partial charge is 0.466 e. The molecule has 0 bridgehead atoms. The highest BCUT2D eigenvalue weighted by Crippen LogP contribution is 2.16. The van der Waals surface area contributed by atoms with Crippen molar-refractivity contribution in [3.8, 4) is 0 Å². The maximum Gasteiger partial charge on any atom is 0.305 e. The summed E-state index contributed by atoms with van der Waals surface area (Å²) in [7, 11) is 0. The number of allylic oxidation sites excluding steroid dienone is 1. The molecule has 0 spiro atoms. The predicted octanol–water partition coefficient (Wildman–Crippen LogP) is 13.4. The van der Waals surface area contributed by atoms with Gasteiger partial charge in [-0.25, -0.2) is 0 Å². The van der Waals surface area contributed by atoms with Crippen molar-refractivity contribution < 1.29 is 24.5 Å². The van der Waals surface area contributed by atoms with Crippen LogP contribution in [0.3, 0.4) is 0 Å². The molecule has 2 unspecified atom stereocenters. The average molecular weight is 750 g/mol. The van der Waals surface area contributed by atoms with Crippen LogP contribution in [0.2, 0.25) is 0 Å². The minimum atomic E-state index is -0.845. The van der Waals surface area contributed by atoms with E-state index in [9.17, 15) is 19.8 Å². The van der Waals surface area contributed by atoms with E-state index >= 15 is 0 Å². The molecule has 314 valence electrons. The second kappa shape index (κ2) is 43.3. The number of carbonyl (C=O) groups is 2. The summed E-state index contributed by atoms with van der Waals surface area (Å²) >= 11 is 0. The average Bonchev–Trinajstić information content (AvgIpc) is 3.16. The summed E-state index contributed by atoms with van der Waals surface area (Å²) in [5.74, 6) is -0.0763. The lowest BCUT2D eigenvalue weighted by Crippen LogP contribution is -2.45. The van der Waals surface area contributed by atoms with Gasteiger partial charge in [0.2, 0.25) is 5.91 Å². The maximum atomic E-state index is 12.3. The molecule has 53 heavy (non-hydrogen) atoms. The molecule has 0 aliphatic heterocycles. The van der Waals surface area contributed by atoms with Gasteiger partial charge < -0.3 is 20.3 Å². The van der Waals surface area contributed by atoms with Gasteiger partial charge in [-0.15, -0.1) is 0 Å². The number of carbonyl (C=O) groups excluding carboxylic acids is 2. The predicted molar refractivity (Wildman–Crippen MR) is 227 cm³/mol. The number of ether oxygens (including phenoxy) is 1. The van der Waals surface area contributed by atoms with Crippen LogP contribution in [0.15, 0.2) is 12.2 Å². The van der Waals surface area contributed by atoms with Gasteiger partial charge in [-0.3, -0.25) is 9.59 Å². The number of rotatable bonds is 43. The molecule has 0 aromatic rings. The van der Waals surface area contributed by atoms with Crippen molar-refractivity contribution >= 4 is 11.9 Å². The molecule has 0 aliphatic carbocycles. The first-order valence-electron chi connectivity index (χ1n) is 23.5. The van der Waals surface area contributed by atoms with Crippen LogP contribution in [0.5, 0.6) is 0 Å². The van der Waals surface area contributed by atoms with Crippen molar-refractivity contribution in [1.82, 2.24) is 5.32 Å². The lowest BCUT2D eigenvalue weighted by Gasteiger charge is -2.20. The zero-order valence-electron chi connectivity index (χ0n) is 35.5. The Labute approximate surface area is 329 Å². The smallest absolute Gasteiger partial charge is 0.305 e. The van der Waals surface area contributed by atoms with Crippen molar-refractivity contribution in [2.24, 2.45) is 0 Å². The number of hydrogen-bond donors (Lipinski definition) is 3. The third kappa shape index (κ3) is 40.1. The lowest BCUT2D eigenvalue weighted by atomic mass is 10.0. The van der Waals surface area contributed by atoms with E-state index < -0.39 is 12.1 Å². The first kappa shape index (κ1) is 51.6. The molecule has 6 nitrogen and oxygen atoms in total. The SMILES string of the molecule is CCCCCCCCC/C=C/C(O)C(CO)NC(=O)CCCCCCCCCCCCCCCCCCOC(=O)CCCCCCCCCCCCC. The number of unbranched alkanes of at least 4 members (excludes halogenated alkanes) is 32. The quantitative estimate of drug-likeness (QED) is 0.0328. The summed E-state index contributed by atoms with van der Waals surface area (Å²) in [5.41, 5.74) is 0.